The summed E-state index contributed by atoms with van der Waals surface area (Å²) < 4.78 is 30.5. The summed E-state index contributed by atoms with van der Waals surface area (Å²) in [5.41, 5.74) is 4.68. The average Bonchev–Trinajstić information content (AvgIpc) is 2.66. The molecule has 0 fully saturated rings. The molecule has 9 heteroatoms. The number of methoxy groups -OCH3 is 1. The zero-order valence-electron chi connectivity index (χ0n) is 16.1. The minimum atomic E-state index is -3.70. The maximum Gasteiger partial charge on any atom is 0.260 e. The normalized spacial score (nSPS) is 11.8. The highest BCUT2D eigenvalue weighted by Crippen LogP contribution is 2.27. The number of benzene rings is 2. The summed E-state index contributed by atoms with van der Waals surface area (Å²) in [6.07, 6.45) is 1.03. The number of carbonyl (C=O) groups excluding carboxylic acids is 1. The number of amides is 1. The minimum Gasteiger partial charge on any atom is -0.497 e. The Labute approximate surface area is 170 Å². The number of halogens is 1. The van der Waals surface area contributed by atoms with Crippen molar-refractivity contribution in [3.05, 3.63) is 58.6 Å². The molecule has 7 nitrogen and oxygen atoms in total. The number of hydrogen-bond acceptors (Lipinski definition) is 5. The highest BCUT2D eigenvalue weighted by molar-refractivity contribution is 7.92. The van der Waals surface area contributed by atoms with Gasteiger partial charge in [0, 0.05) is 5.02 Å². The van der Waals surface area contributed by atoms with Crippen LogP contribution in [0.15, 0.2) is 47.6 Å². The molecule has 150 valence electrons. The molecule has 0 aliphatic heterocycles. The first-order chi connectivity index (χ1) is 13.1. The number of nitrogens with one attached hydrogen (secondary N) is 1. The van der Waals surface area contributed by atoms with E-state index in [1.807, 2.05) is 12.1 Å². The molecule has 0 aliphatic carbocycles. The Morgan fingerprint density at radius 2 is 1.86 bits per heavy atom. The van der Waals surface area contributed by atoms with Gasteiger partial charge < -0.3 is 4.74 Å². The molecule has 0 saturated carbocycles. The molecular formula is C19H22ClN3O4S. The highest BCUT2D eigenvalue weighted by Gasteiger charge is 2.23. The third kappa shape index (κ3) is 5.46. The SMILES string of the molecule is COc1ccc(/C(C)=N\NC(=O)CN(c2cccc(Cl)c2C)S(C)(=O)=O)cc1. The molecule has 1 amide bonds. The number of hydrogen-bond donors (Lipinski definition) is 1. The lowest BCUT2D eigenvalue weighted by molar-refractivity contribution is -0.119. The third-order valence-corrected chi connectivity index (χ3v) is 5.59. The summed E-state index contributed by atoms with van der Waals surface area (Å²) >= 11 is 6.08. The molecule has 2 aromatic carbocycles. The highest BCUT2D eigenvalue weighted by atomic mass is 35.5. The van der Waals surface area contributed by atoms with E-state index in [9.17, 15) is 13.2 Å². The topological polar surface area (TPSA) is 88.1 Å². The molecule has 28 heavy (non-hydrogen) atoms. The minimum absolute atomic E-state index is 0.348. The van der Waals surface area contributed by atoms with Crippen molar-refractivity contribution < 1.29 is 17.9 Å². The van der Waals surface area contributed by atoms with Gasteiger partial charge in [-0.3, -0.25) is 9.10 Å². The second-order valence-electron chi connectivity index (χ2n) is 6.11. The van der Waals surface area contributed by atoms with E-state index in [0.29, 0.717) is 27.7 Å². The molecule has 0 heterocycles. The number of anilines is 1. The number of ether oxygens (including phenoxy) is 1. The van der Waals surface area contributed by atoms with Crippen LogP contribution in [0.2, 0.25) is 5.02 Å². The molecule has 0 bridgehead atoms. The predicted molar refractivity (Wildman–Crippen MR) is 112 cm³/mol. The first-order valence-electron chi connectivity index (χ1n) is 8.34. The van der Waals surface area contributed by atoms with Gasteiger partial charge in [-0.05, 0) is 61.4 Å². The van der Waals surface area contributed by atoms with Crippen LogP contribution < -0.4 is 14.5 Å². The van der Waals surface area contributed by atoms with Gasteiger partial charge in [-0.2, -0.15) is 5.10 Å². The quantitative estimate of drug-likeness (QED) is 0.547. The number of rotatable bonds is 7. The molecule has 0 saturated heterocycles. The van der Waals surface area contributed by atoms with Crippen LogP contribution in [-0.2, 0) is 14.8 Å². The predicted octanol–water partition coefficient (Wildman–Crippen LogP) is 2.96. The van der Waals surface area contributed by atoms with E-state index in [1.54, 1.807) is 51.3 Å². The first-order valence-corrected chi connectivity index (χ1v) is 10.6. The van der Waals surface area contributed by atoms with Gasteiger partial charge in [-0.25, -0.2) is 13.8 Å². The van der Waals surface area contributed by atoms with E-state index in [4.69, 9.17) is 16.3 Å². The summed E-state index contributed by atoms with van der Waals surface area (Å²) in [6, 6.07) is 12.1. The van der Waals surface area contributed by atoms with Crippen molar-refractivity contribution in [2.45, 2.75) is 13.8 Å². The summed E-state index contributed by atoms with van der Waals surface area (Å²) in [5, 5.41) is 4.46. The maximum atomic E-state index is 12.3. The number of hydrazone groups is 1. The lowest BCUT2D eigenvalue weighted by Crippen LogP contribution is -2.39. The second kappa shape index (κ2) is 9.07. The van der Waals surface area contributed by atoms with Gasteiger partial charge in [-0.1, -0.05) is 17.7 Å². The van der Waals surface area contributed by atoms with Crippen molar-refractivity contribution in [1.82, 2.24) is 5.43 Å². The van der Waals surface area contributed by atoms with Crippen LogP contribution in [0.25, 0.3) is 0 Å². The van der Waals surface area contributed by atoms with Crippen LogP contribution in [0, 0.1) is 6.92 Å². The van der Waals surface area contributed by atoms with Gasteiger partial charge in [-0.15, -0.1) is 0 Å². The second-order valence-corrected chi connectivity index (χ2v) is 8.43. The standard InChI is InChI=1S/C19H22ClN3O4S/c1-13-17(20)6-5-7-18(13)23(28(4,25)26)12-19(24)22-21-14(2)15-8-10-16(27-3)11-9-15/h5-11H,12H2,1-4H3,(H,22,24)/b21-14-. The fraction of sp³-hybridized carbons (Fsp3) is 0.263. The van der Waals surface area contributed by atoms with Crippen molar-refractivity contribution >= 4 is 38.9 Å². The van der Waals surface area contributed by atoms with Crippen molar-refractivity contribution in [2.75, 3.05) is 24.2 Å². The zero-order valence-corrected chi connectivity index (χ0v) is 17.6. The maximum absolute atomic E-state index is 12.3. The lowest BCUT2D eigenvalue weighted by atomic mass is 10.1. The van der Waals surface area contributed by atoms with Crippen LogP contribution >= 0.6 is 11.6 Å². The van der Waals surface area contributed by atoms with E-state index >= 15 is 0 Å². The van der Waals surface area contributed by atoms with Crippen molar-refractivity contribution in [1.29, 1.82) is 0 Å². The molecule has 2 rings (SSSR count). The van der Waals surface area contributed by atoms with Crippen LogP contribution in [-0.4, -0.2) is 39.9 Å². The third-order valence-electron chi connectivity index (χ3n) is 4.05. The van der Waals surface area contributed by atoms with Gasteiger partial charge in [0.05, 0.1) is 24.8 Å². The molecule has 2 aromatic rings. The summed E-state index contributed by atoms with van der Waals surface area (Å²) in [7, 11) is -2.12. The van der Waals surface area contributed by atoms with E-state index in [2.05, 4.69) is 10.5 Å². The summed E-state index contributed by atoms with van der Waals surface area (Å²) in [4.78, 5) is 12.3. The summed E-state index contributed by atoms with van der Waals surface area (Å²) in [6.45, 7) is 3.01. The Morgan fingerprint density at radius 1 is 1.21 bits per heavy atom. The van der Waals surface area contributed by atoms with Crippen LogP contribution in [0.1, 0.15) is 18.1 Å². The Kier molecular flexibility index (Phi) is 7.04. The Balaban J connectivity index is 2.16. The van der Waals surface area contributed by atoms with Crippen LogP contribution in [0.5, 0.6) is 5.75 Å². The van der Waals surface area contributed by atoms with Crippen molar-refractivity contribution in [3.8, 4) is 5.75 Å². The molecule has 0 unspecified atom stereocenters. The molecule has 0 spiro atoms. The molecule has 0 aromatic heterocycles. The Hall–Kier alpha value is -2.58. The molecule has 0 atom stereocenters. The zero-order chi connectivity index (χ0) is 20.9. The van der Waals surface area contributed by atoms with E-state index in [1.165, 1.54) is 0 Å². The smallest absolute Gasteiger partial charge is 0.260 e. The van der Waals surface area contributed by atoms with Gasteiger partial charge in [0.1, 0.15) is 12.3 Å². The lowest BCUT2D eigenvalue weighted by Gasteiger charge is -2.23. The number of sulfonamides is 1. The monoisotopic (exact) mass is 423 g/mol. The van der Waals surface area contributed by atoms with Crippen molar-refractivity contribution in [3.63, 3.8) is 0 Å². The average molecular weight is 424 g/mol. The van der Waals surface area contributed by atoms with Crippen LogP contribution in [0.4, 0.5) is 5.69 Å². The molecule has 1 N–H and O–H groups in total. The van der Waals surface area contributed by atoms with Crippen LogP contribution in [0.3, 0.4) is 0 Å². The largest absolute Gasteiger partial charge is 0.497 e. The van der Waals surface area contributed by atoms with Gasteiger partial charge in [0.2, 0.25) is 10.0 Å². The summed E-state index contributed by atoms with van der Waals surface area (Å²) in [5.74, 6) is 0.138. The molecule has 0 radical (unpaired) electrons. The number of nitrogens with zero attached hydrogens (tertiary/aromatic N) is 2. The fourth-order valence-corrected chi connectivity index (χ4v) is 3.53. The molecular weight excluding hydrogens is 402 g/mol. The van der Waals surface area contributed by atoms with Gasteiger partial charge in [0.15, 0.2) is 0 Å². The number of carbonyl (C=O) groups is 1. The van der Waals surface area contributed by atoms with Gasteiger partial charge in [0.25, 0.3) is 5.91 Å². The van der Waals surface area contributed by atoms with E-state index < -0.39 is 22.5 Å². The fourth-order valence-electron chi connectivity index (χ4n) is 2.46. The van der Waals surface area contributed by atoms with E-state index in [-0.39, 0.29) is 0 Å². The Bertz CT molecular complexity index is 989. The first kappa shape index (κ1) is 21.7. The van der Waals surface area contributed by atoms with Gasteiger partial charge >= 0.3 is 0 Å². The van der Waals surface area contributed by atoms with Crippen molar-refractivity contribution in [2.24, 2.45) is 5.10 Å². The van der Waals surface area contributed by atoms with E-state index in [0.717, 1.165) is 16.1 Å². The Morgan fingerprint density at radius 3 is 2.43 bits per heavy atom. The molecule has 0 aliphatic rings.